The Kier molecular flexibility index (Phi) is 5.35. The fourth-order valence-electron chi connectivity index (χ4n) is 4.49. The van der Waals surface area contributed by atoms with Gasteiger partial charge in [0.2, 0.25) is 16.8 Å². The van der Waals surface area contributed by atoms with Gasteiger partial charge in [0.1, 0.15) is 5.75 Å². The number of esters is 1. The average Bonchev–Trinajstić information content (AvgIpc) is 3.27. The molecular formula is C23H25NO6S. The smallest absolute Gasteiger partial charge is 0.314 e. The Morgan fingerprint density at radius 1 is 0.935 bits per heavy atom. The van der Waals surface area contributed by atoms with Crippen LogP contribution in [0.3, 0.4) is 0 Å². The molecule has 2 aliphatic heterocycles. The Morgan fingerprint density at radius 2 is 1.68 bits per heavy atom. The van der Waals surface area contributed by atoms with Crippen molar-refractivity contribution in [2.45, 2.75) is 43.4 Å². The van der Waals surface area contributed by atoms with E-state index in [0.717, 1.165) is 31.2 Å². The molecule has 2 heterocycles. The van der Waals surface area contributed by atoms with Gasteiger partial charge in [-0.2, -0.15) is 4.31 Å². The van der Waals surface area contributed by atoms with Gasteiger partial charge in [-0.05, 0) is 73.9 Å². The van der Waals surface area contributed by atoms with E-state index in [9.17, 15) is 13.2 Å². The zero-order chi connectivity index (χ0) is 21.4. The van der Waals surface area contributed by atoms with Crippen molar-refractivity contribution in [1.29, 1.82) is 0 Å². The molecule has 0 aromatic heterocycles. The van der Waals surface area contributed by atoms with Crippen molar-refractivity contribution >= 4 is 16.0 Å². The van der Waals surface area contributed by atoms with E-state index in [1.165, 1.54) is 9.87 Å². The lowest BCUT2D eigenvalue weighted by Gasteiger charge is -2.30. The molecule has 2 aromatic rings. The zero-order valence-electron chi connectivity index (χ0n) is 17.2. The van der Waals surface area contributed by atoms with Crippen molar-refractivity contribution < 1.29 is 27.4 Å². The van der Waals surface area contributed by atoms with Crippen LogP contribution < -0.4 is 14.2 Å². The largest absolute Gasteiger partial charge is 0.454 e. The summed E-state index contributed by atoms with van der Waals surface area (Å²) in [5.74, 6) is 0.903. The van der Waals surface area contributed by atoms with E-state index < -0.39 is 10.0 Å². The summed E-state index contributed by atoms with van der Waals surface area (Å²) in [6.45, 7) is 0.768. The number of hydrogen-bond donors (Lipinski definition) is 0. The number of carbonyl (C=O) groups excluding carboxylic acids is 1. The minimum absolute atomic E-state index is 0.157. The summed E-state index contributed by atoms with van der Waals surface area (Å²) in [4.78, 5) is 12.9. The second-order valence-corrected chi connectivity index (χ2v) is 10.2. The van der Waals surface area contributed by atoms with Crippen molar-refractivity contribution in [3.63, 3.8) is 0 Å². The van der Waals surface area contributed by atoms with Gasteiger partial charge >= 0.3 is 5.97 Å². The summed E-state index contributed by atoms with van der Waals surface area (Å²) in [7, 11) is -3.56. The number of piperidine rings is 1. The molecule has 1 saturated heterocycles. The minimum Gasteiger partial charge on any atom is -0.454 e. The molecular weight excluding hydrogens is 418 g/mol. The molecule has 0 amide bonds. The van der Waals surface area contributed by atoms with Gasteiger partial charge in [-0.25, -0.2) is 8.42 Å². The summed E-state index contributed by atoms with van der Waals surface area (Å²) in [5, 5.41) is 0. The Bertz CT molecular complexity index is 1110. The molecule has 7 nitrogen and oxygen atoms in total. The van der Waals surface area contributed by atoms with Gasteiger partial charge in [0.05, 0.1) is 10.8 Å². The van der Waals surface area contributed by atoms with Crippen LogP contribution in [0, 0.1) is 5.92 Å². The van der Waals surface area contributed by atoms with Gasteiger partial charge < -0.3 is 14.2 Å². The van der Waals surface area contributed by atoms with Crippen LogP contribution in [0.25, 0.3) is 0 Å². The van der Waals surface area contributed by atoms with Crippen molar-refractivity contribution in [1.82, 2.24) is 4.31 Å². The molecule has 0 N–H and O–H groups in total. The van der Waals surface area contributed by atoms with E-state index in [1.54, 1.807) is 24.3 Å². The minimum atomic E-state index is -3.56. The van der Waals surface area contributed by atoms with Crippen LogP contribution in [-0.4, -0.2) is 38.6 Å². The highest BCUT2D eigenvalue weighted by Crippen LogP contribution is 2.36. The molecule has 1 aliphatic carbocycles. The predicted molar refractivity (Wildman–Crippen MR) is 113 cm³/mol. The first-order valence-corrected chi connectivity index (χ1v) is 12.2. The van der Waals surface area contributed by atoms with Crippen molar-refractivity contribution in [2.24, 2.45) is 5.92 Å². The van der Waals surface area contributed by atoms with Gasteiger partial charge in [-0.3, -0.25) is 4.79 Å². The van der Waals surface area contributed by atoms with Gasteiger partial charge in [0, 0.05) is 19.2 Å². The van der Waals surface area contributed by atoms with E-state index in [1.807, 2.05) is 12.1 Å². The van der Waals surface area contributed by atoms with Gasteiger partial charge in [-0.15, -0.1) is 0 Å². The van der Waals surface area contributed by atoms with E-state index >= 15 is 0 Å². The molecule has 5 rings (SSSR count). The third-order valence-electron chi connectivity index (χ3n) is 6.31. The molecule has 0 spiro atoms. The maximum absolute atomic E-state index is 13.1. The van der Waals surface area contributed by atoms with Crippen LogP contribution in [0.5, 0.6) is 17.2 Å². The Balaban J connectivity index is 1.22. The van der Waals surface area contributed by atoms with E-state index in [-0.39, 0.29) is 18.7 Å². The lowest BCUT2D eigenvalue weighted by Crippen LogP contribution is -2.41. The number of rotatable bonds is 4. The lowest BCUT2D eigenvalue weighted by atomic mass is 9.92. The number of hydrogen-bond acceptors (Lipinski definition) is 6. The summed E-state index contributed by atoms with van der Waals surface area (Å²) in [6, 6.07) is 10.5. The molecule has 0 unspecified atom stereocenters. The maximum Gasteiger partial charge on any atom is 0.314 e. The number of benzene rings is 2. The third kappa shape index (κ3) is 4.02. The van der Waals surface area contributed by atoms with Gasteiger partial charge in [0.15, 0.2) is 11.5 Å². The fraction of sp³-hybridized carbons (Fsp3) is 0.435. The summed E-state index contributed by atoms with van der Waals surface area (Å²) >= 11 is 0. The highest BCUT2D eigenvalue weighted by atomic mass is 32.2. The van der Waals surface area contributed by atoms with Crippen LogP contribution >= 0.6 is 0 Å². The summed E-state index contributed by atoms with van der Waals surface area (Å²) < 4.78 is 43.8. The Morgan fingerprint density at radius 3 is 2.48 bits per heavy atom. The topological polar surface area (TPSA) is 82.1 Å². The first kappa shape index (κ1) is 20.3. The van der Waals surface area contributed by atoms with Crippen LogP contribution in [0.1, 0.15) is 36.8 Å². The quantitative estimate of drug-likeness (QED) is 0.533. The first-order valence-electron chi connectivity index (χ1n) is 10.7. The molecule has 0 radical (unpaired) electrons. The lowest BCUT2D eigenvalue weighted by molar-refractivity contribution is -0.140. The predicted octanol–water partition coefficient (Wildman–Crippen LogP) is 3.30. The van der Waals surface area contributed by atoms with Gasteiger partial charge in [-0.1, -0.05) is 6.07 Å². The number of aryl methyl sites for hydroxylation is 2. The SMILES string of the molecule is O=C(Oc1ccc2c(c1)OCO2)C1CCN(S(=O)(=O)c2ccc3c(c2)CCCC3)CC1. The number of nitrogens with zero attached hydrogens (tertiary/aromatic N) is 1. The number of carbonyl (C=O) groups is 1. The maximum atomic E-state index is 13.1. The van der Waals surface area contributed by atoms with Crippen molar-refractivity contribution in [2.75, 3.05) is 19.9 Å². The molecule has 31 heavy (non-hydrogen) atoms. The standard InChI is InChI=1S/C23H25NO6S/c25-23(30-19-6-8-21-22(14-19)29-15-28-21)17-9-11-24(12-10-17)31(26,27)20-7-5-16-3-1-2-4-18(16)13-20/h5-8,13-14,17H,1-4,9-12,15H2. The van der Waals surface area contributed by atoms with E-state index in [2.05, 4.69) is 0 Å². The highest BCUT2D eigenvalue weighted by molar-refractivity contribution is 7.89. The Labute approximate surface area is 182 Å². The number of fused-ring (bicyclic) bond motifs is 2. The first-order chi connectivity index (χ1) is 15.0. The number of ether oxygens (including phenoxy) is 3. The molecule has 0 saturated carbocycles. The van der Waals surface area contributed by atoms with Crippen molar-refractivity contribution in [3.8, 4) is 17.2 Å². The Hall–Kier alpha value is -2.58. The van der Waals surface area contributed by atoms with Gasteiger partial charge in [0.25, 0.3) is 0 Å². The monoisotopic (exact) mass is 443 g/mol. The zero-order valence-corrected chi connectivity index (χ0v) is 18.0. The fourth-order valence-corrected chi connectivity index (χ4v) is 6.01. The summed E-state index contributed by atoms with van der Waals surface area (Å²) in [6.07, 6.45) is 5.10. The summed E-state index contributed by atoms with van der Waals surface area (Å²) in [5.41, 5.74) is 2.41. The molecule has 0 atom stereocenters. The van der Waals surface area contributed by atoms with Crippen LogP contribution in [0.2, 0.25) is 0 Å². The highest BCUT2D eigenvalue weighted by Gasteiger charge is 2.33. The molecule has 2 aromatic carbocycles. The van der Waals surface area contributed by atoms with E-state index in [0.29, 0.717) is 48.1 Å². The van der Waals surface area contributed by atoms with Crippen LogP contribution in [-0.2, 0) is 27.7 Å². The second kappa shape index (κ2) is 8.16. The normalized spacial score (nSPS) is 19.1. The molecule has 0 bridgehead atoms. The van der Waals surface area contributed by atoms with E-state index in [4.69, 9.17) is 14.2 Å². The number of sulfonamides is 1. The molecule has 164 valence electrons. The molecule has 1 fully saturated rings. The molecule has 8 heteroatoms. The van der Waals surface area contributed by atoms with Crippen LogP contribution in [0.15, 0.2) is 41.3 Å². The van der Waals surface area contributed by atoms with Crippen molar-refractivity contribution in [3.05, 3.63) is 47.5 Å². The molecule has 3 aliphatic rings. The second-order valence-electron chi connectivity index (χ2n) is 8.25. The third-order valence-corrected chi connectivity index (χ3v) is 8.20. The average molecular weight is 444 g/mol. The van der Waals surface area contributed by atoms with Crippen LogP contribution in [0.4, 0.5) is 0 Å².